The molecule has 0 saturated heterocycles. The molecule has 0 atom stereocenters. The summed E-state index contributed by atoms with van der Waals surface area (Å²) in [7, 11) is -3.48. The van der Waals surface area contributed by atoms with Crippen molar-refractivity contribution in [2.75, 3.05) is 19.0 Å². The van der Waals surface area contributed by atoms with Crippen LogP contribution in [0.25, 0.3) is 0 Å². The molecule has 0 fully saturated rings. The van der Waals surface area contributed by atoms with Crippen LogP contribution < -0.4 is 4.74 Å². The number of esters is 1. The van der Waals surface area contributed by atoms with Gasteiger partial charge in [0.25, 0.3) is 0 Å². The molecule has 6 heteroatoms. The predicted octanol–water partition coefficient (Wildman–Crippen LogP) is 3.82. The van der Waals surface area contributed by atoms with Gasteiger partial charge in [-0.1, -0.05) is 37.6 Å². The number of carbonyl (C=O) groups excluding carboxylic acids is 1. The predicted molar refractivity (Wildman–Crippen MR) is 105 cm³/mol. The van der Waals surface area contributed by atoms with Gasteiger partial charge in [-0.3, -0.25) is 0 Å². The maximum Gasteiger partial charge on any atom is 0.344 e. The summed E-state index contributed by atoms with van der Waals surface area (Å²) < 4.78 is 34.9. The van der Waals surface area contributed by atoms with Crippen molar-refractivity contribution in [3.05, 3.63) is 59.2 Å². The average molecular weight is 391 g/mol. The van der Waals surface area contributed by atoms with E-state index >= 15 is 0 Å². The molecule has 146 valence electrons. The van der Waals surface area contributed by atoms with Gasteiger partial charge in [0.05, 0.1) is 10.6 Å². The van der Waals surface area contributed by atoms with Crippen molar-refractivity contribution in [2.45, 2.75) is 38.5 Å². The molecule has 0 aliphatic rings. The summed E-state index contributed by atoms with van der Waals surface area (Å²) in [5.74, 6) is 0.0971. The van der Waals surface area contributed by atoms with Gasteiger partial charge >= 0.3 is 5.97 Å². The van der Waals surface area contributed by atoms with Gasteiger partial charge in [0.2, 0.25) is 0 Å². The summed E-state index contributed by atoms with van der Waals surface area (Å²) in [6.07, 6.45) is 0. The Hall–Kier alpha value is -2.34. The van der Waals surface area contributed by atoms with Crippen LogP contribution in [0.5, 0.6) is 5.75 Å². The van der Waals surface area contributed by atoms with E-state index in [9.17, 15) is 13.2 Å². The van der Waals surface area contributed by atoms with Gasteiger partial charge in [-0.15, -0.1) is 0 Å². The number of aryl methyl sites for hydroxylation is 2. The summed E-state index contributed by atoms with van der Waals surface area (Å²) in [5.41, 5.74) is 3.16. The zero-order valence-corrected chi connectivity index (χ0v) is 17.0. The molecule has 0 saturated carbocycles. The van der Waals surface area contributed by atoms with Gasteiger partial charge in [-0.2, -0.15) is 0 Å². The number of rotatable bonds is 8. The molecule has 2 aromatic carbocycles. The fourth-order valence-corrected chi connectivity index (χ4v) is 3.60. The number of sulfone groups is 1. The topological polar surface area (TPSA) is 69.7 Å². The van der Waals surface area contributed by atoms with Gasteiger partial charge in [-0.25, -0.2) is 13.2 Å². The Morgan fingerprint density at radius 1 is 1.00 bits per heavy atom. The van der Waals surface area contributed by atoms with Crippen molar-refractivity contribution < 1.29 is 22.7 Å². The van der Waals surface area contributed by atoms with E-state index < -0.39 is 15.8 Å². The Morgan fingerprint density at radius 2 is 1.67 bits per heavy atom. The molecule has 5 nitrogen and oxygen atoms in total. The zero-order chi connectivity index (χ0) is 20.0. The third-order valence-corrected chi connectivity index (χ3v) is 5.79. The Labute approximate surface area is 161 Å². The SMILES string of the molecule is Cc1ccc(S(=O)(=O)CCOC(=O)COc2cc(C)cc(C(C)C)c2)cc1. The van der Waals surface area contributed by atoms with Crippen LogP contribution in [-0.4, -0.2) is 33.4 Å². The van der Waals surface area contributed by atoms with Crippen molar-refractivity contribution in [3.63, 3.8) is 0 Å². The minimum atomic E-state index is -3.48. The van der Waals surface area contributed by atoms with Crippen LogP contribution in [0.2, 0.25) is 0 Å². The molecule has 0 radical (unpaired) electrons. The monoisotopic (exact) mass is 390 g/mol. The second kappa shape index (κ2) is 9.04. The molecule has 0 N–H and O–H groups in total. The van der Waals surface area contributed by atoms with Crippen LogP contribution in [0.3, 0.4) is 0 Å². The van der Waals surface area contributed by atoms with E-state index in [1.165, 1.54) is 0 Å². The van der Waals surface area contributed by atoms with Gasteiger partial charge in [-0.05, 0) is 55.2 Å². The molecular formula is C21H26O5S. The Morgan fingerprint density at radius 3 is 2.30 bits per heavy atom. The van der Waals surface area contributed by atoms with E-state index in [4.69, 9.17) is 9.47 Å². The van der Waals surface area contributed by atoms with Crippen molar-refractivity contribution in [1.29, 1.82) is 0 Å². The standard InChI is InChI=1S/C21H26O5S/c1-15(2)18-11-17(4)12-19(13-18)26-14-21(22)25-9-10-27(23,24)20-7-5-16(3)6-8-20/h5-8,11-13,15H,9-10,14H2,1-4H3. The third kappa shape index (κ3) is 6.40. The lowest BCUT2D eigenvalue weighted by molar-refractivity contribution is -0.145. The van der Waals surface area contributed by atoms with Crippen LogP contribution >= 0.6 is 0 Å². The molecule has 0 heterocycles. The Balaban J connectivity index is 1.84. The third-order valence-electron chi connectivity index (χ3n) is 4.09. The molecule has 0 aliphatic carbocycles. The average Bonchev–Trinajstić information content (AvgIpc) is 2.59. The van der Waals surface area contributed by atoms with Crippen molar-refractivity contribution in [3.8, 4) is 5.75 Å². The van der Waals surface area contributed by atoms with Crippen LogP contribution in [0.15, 0.2) is 47.4 Å². The van der Waals surface area contributed by atoms with Gasteiger partial charge < -0.3 is 9.47 Å². The molecular weight excluding hydrogens is 364 g/mol. The highest BCUT2D eigenvalue weighted by molar-refractivity contribution is 7.91. The van der Waals surface area contributed by atoms with Crippen LogP contribution in [0.1, 0.15) is 36.5 Å². The summed E-state index contributed by atoms with van der Waals surface area (Å²) in [5, 5.41) is 0. The lowest BCUT2D eigenvalue weighted by atomic mass is 10.0. The van der Waals surface area contributed by atoms with Crippen molar-refractivity contribution in [2.24, 2.45) is 0 Å². The van der Waals surface area contributed by atoms with E-state index in [1.807, 2.05) is 26.0 Å². The first-order valence-corrected chi connectivity index (χ1v) is 10.5. The van der Waals surface area contributed by atoms with Gasteiger partial charge in [0, 0.05) is 0 Å². The molecule has 0 spiro atoms. The van der Waals surface area contributed by atoms with Crippen molar-refractivity contribution in [1.82, 2.24) is 0 Å². The summed E-state index contributed by atoms with van der Waals surface area (Å²) >= 11 is 0. The molecule has 0 amide bonds. The van der Waals surface area contributed by atoms with E-state index in [1.54, 1.807) is 24.3 Å². The minimum Gasteiger partial charge on any atom is -0.482 e. The number of hydrogen-bond donors (Lipinski definition) is 0. The number of hydrogen-bond acceptors (Lipinski definition) is 5. The Kier molecular flexibility index (Phi) is 7.02. The molecule has 2 rings (SSSR count). The zero-order valence-electron chi connectivity index (χ0n) is 16.2. The maximum atomic E-state index is 12.2. The molecule has 0 aromatic heterocycles. The smallest absolute Gasteiger partial charge is 0.344 e. The fraction of sp³-hybridized carbons (Fsp3) is 0.381. The maximum absolute atomic E-state index is 12.2. The molecule has 0 bridgehead atoms. The lowest BCUT2D eigenvalue weighted by Gasteiger charge is -2.12. The summed E-state index contributed by atoms with van der Waals surface area (Å²) in [6.45, 7) is 7.56. The van der Waals surface area contributed by atoms with Gasteiger partial charge in [0.15, 0.2) is 16.4 Å². The highest BCUT2D eigenvalue weighted by Gasteiger charge is 2.15. The second-order valence-corrected chi connectivity index (χ2v) is 8.98. The Bertz CT molecular complexity index is 883. The summed E-state index contributed by atoms with van der Waals surface area (Å²) in [6, 6.07) is 12.4. The number of ether oxygens (including phenoxy) is 2. The van der Waals surface area contributed by atoms with Crippen LogP contribution in [0.4, 0.5) is 0 Å². The van der Waals surface area contributed by atoms with E-state index in [-0.39, 0.29) is 23.9 Å². The van der Waals surface area contributed by atoms with E-state index in [0.29, 0.717) is 11.7 Å². The molecule has 2 aromatic rings. The van der Waals surface area contributed by atoms with Crippen molar-refractivity contribution >= 4 is 15.8 Å². The molecule has 27 heavy (non-hydrogen) atoms. The number of carbonyl (C=O) groups is 1. The highest BCUT2D eigenvalue weighted by atomic mass is 32.2. The first-order chi connectivity index (χ1) is 12.7. The summed E-state index contributed by atoms with van der Waals surface area (Å²) in [4.78, 5) is 12.1. The number of benzene rings is 2. The minimum absolute atomic E-state index is 0.205. The van der Waals surface area contributed by atoms with Crippen LogP contribution in [0, 0.1) is 13.8 Å². The quantitative estimate of drug-likeness (QED) is 0.641. The highest BCUT2D eigenvalue weighted by Crippen LogP contribution is 2.22. The van der Waals surface area contributed by atoms with Crippen LogP contribution in [-0.2, 0) is 19.4 Å². The van der Waals surface area contributed by atoms with E-state index in [0.717, 1.165) is 16.7 Å². The first-order valence-electron chi connectivity index (χ1n) is 8.87. The van der Waals surface area contributed by atoms with E-state index in [2.05, 4.69) is 19.9 Å². The molecule has 0 unspecified atom stereocenters. The largest absolute Gasteiger partial charge is 0.482 e. The van der Waals surface area contributed by atoms with Gasteiger partial charge in [0.1, 0.15) is 12.4 Å². The molecule has 0 aliphatic heterocycles. The second-order valence-electron chi connectivity index (χ2n) is 6.88. The fourth-order valence-electron chi connectivity index (χ4n) is 2.51. The normalized spacial score (nSPS) is 11.4. The first kappa shape index (κ1) is 21.0. The lowest BCUT2D eigenvalue weighted by Crippen LogP contribution is -2.20.